The third-order valence-corrected chi connectivity index (χ3v) is 4.73. The number of carbonyl (C=O) groups excluding carboxylic acids is 1. The van der Waals surface area contributed by atoms with E-state index in [0.29, 0.717) is 5.75 Å². The second-order valence-electron chi connectivity index (χ2n) is 5.25. The highest BCUT2D eigenvalue weighted by atomic mass is 32.2. The molecule has 1 aliphatic heterocycles. The quantitative estimate of drug-likeness (QED) is 0.907. The predicted octanol–water partition coefficient (Wildman–Crippen LogP) is 2.68. The third kappa shape index (κ3) is 4.53. The Morgan fingerprint density at radius 3 is 2.80 bits per heavy atom. The van der Waals surface area contributed by atoms with Crippen molar-refractivity contribution < 1.29 is 9.90 Å². The van der Waals surface area contributed by atoms with Gasteiger partial charge in [-0.1, -0.05) is 43.2 Å². The predicted molar refractivity (Wildman–Crippen MR) is 83.7 cm³/mol. The maximum absolute atomic E-state index is 12.3. The van der Waals surface area contributed by atoms with Crippen molar-refractivity contribution >= 4 is 17.7 Å². The number of hydrogen-bond donors (Lipinski definition) is 1. The van der Waals surface area contributed by atoms with Crippen LogP contribution in [-0.4, -0.2) is 40.9 Å². The van der Waals surface area contributed by atoms with Crippen molar-refractivity contribution in [2.24, 2.45) is 0 Å². The summed E-state index contributed by atoms with van der Waals surface area (Å²) in [5.41, 5.74) is 1.25. The van der Waals surface area contributed by atoms with Gasteiger partial charge in [0.05, 0.1) is 18.4 Å². The zero-order valence-electron chi connectivity index (χ0n) is 11.8. The van der Waals surface area contributed by atoms with Gasteiger partial charge in [-0.15, -0.1) is 11.8 Å². The van der Waals surface area contributed by atoms with Crippen molar-refractivity contribution in [1.29, 1.82) is 0 Å². The molecule has 1 amide bonds. The van der Waals surface area contributed by atoms with E-state index < -0.39 is 0 Å². The molecule has 1 saturated heterocycles. The number of nitrogens with zero attached hydrogens (tertiary/aromatic N) is 1. The van der Waals surface area contributed by atoms with E-state index in [4.69, 9.17) is 0 Å². The number of aliphatic hydroxyl groups excluding tert-OH is 1. The molecule has 1 fully saturated rings. The molecule has 1 heterocycles. The molecule has 1 aromatic carbocycles. The first-order chi connectivity index (χ1) is 9.81. The first kappa shape index (κ1) is 15.4. The Balaban J connectivity index is 1.80. The Labute approximate surface area is 125 Å². The van der Waals surface area contributed by atoms with Crippen LogP contribution >= 0.6 is 11.8 Å². The Kier molecular flexibility index (Phi) is 6.40. The maximum Gasteiger partial charge on any atom is 0.232 e. The zero-order valence-corrected chi connectivity index (χ0v) is 12.6. The molecule has 1 atom stereocenters. The van der Waals surface area contributed by atoms with Crippen LogP contribution in [0.15, 0.2) is 30.3 Å². The second kappa shape index (κ2) is 8.32. The van der Waals surface area contributed by atoms with Crippen molar-refractivity contribution in [2.45, 2.75) is 37.5 Å². The first-order valence-electron chi connectivity index (χ1n) is 7.33. The largest absolute Gasteiger partial charge is 0.394 e. The van der Waals surface area contributed by atoms with Crippen LogP contribution in [0.3, 0.4) is 0 Å². The standard InChI is InChI=1S/C16H23NO2S/c18-11-15-9-5-2-6-10-17(15)16(19)13-20-12-14-7-3-1-4-8-14/h1,3-4,7-8,15,18H,2,5-6,9-13H2. The van der Waals surface area contributed by atoms with E-state index in [1.807, 2.05) is 23.1 Å². The van der Waals surface area contributed by atoms with Gasteiger partial charge in [-0.05, 0) is 18.4 Å². The van der Waals surface area contributed by atoms with Gasteiger partial charge in [-0.25, -0.2) is 0 Å². The van der Waals surface area contributed by atoms with Gasteiger partial charge in [0, 0.05) is 12.3 Å². The van der Waals surface area contributed by atoms with Gasteiger partial charge in [0.1, 0.15) is 0 Å². The van der Waals surface area contributed by atoms with Crippen LogP contribution < -0.4 is 0 Å². The summed E-state index contributed by atoms with van der Waals surface area (Å²) in [5, 5.41) is 9.44. The summed E-state index contributed by atoms with van der Waals surface area (Å²) in [4.78, 5) is 14.2. The van der Waals surface area contributed by atoms with Gasteiger partial charge in [0.2, 0.25) is 5.91 Å². The molecule has 1 aromatic rings. The molecule has 2 rings (SSSR count). The molecular formula is C16H23NO2S. The SMILES string of the molecule is O=C(CSCc1ccccc1)N1CCCCCC1CO. The molecule has 0 spiro atoms. The Morgan fingerprint density at radius 1 is 1.25 bits per heavy atom. The number of rotatable bonds is 5. The van der Waals surface area contributed by atoms with Crippen LogP contribution in [0.1, 0.15) is 31.2 Å². The molecule has 0 aromatic heterocycles. The van der Waals surface area contributed by atoms with Gasteiger partial charge in [0.15, 0.2) is 0 Å². The smallest absolute Gasteiger partial charge is 0.232 e. The van der Waals surface area contributed by atoms with Crippen LogP contribution in [0.25, 0.3) is 0 Å². The number of hydrogen-bond acceptors (Lipinski definition) is 3. The molecule has 20 heavy (non-hydrogen) atoms. The highest BCUT2D eigenvalue weighted by Gasteiger charge is 2.24. The molecule has 0 aliphatic carbocycles. The van der Waals surface area contributed by atoms with E-state index in [0.717, 1.165) is 38.0 Å². The average molecular weight is 293 g/mol. The summed E-state index contributed by atoms with van der Waals surface area (Å²) >= 11 is 1.65. The minimum atomic E-state index is 0.0299. The number of amides is 1. The monoisotopic (exact) mass is 293 g/mol. The number of aliphatic hydroxyl groups is 1. The van der Waals surface area contributed by atoms with Crippen LogP contribution in [0.2, 0.25) is 0 Å². The Bertz CT molecular complexity index is 410. The van der Waals surface area contributed by atoms with Gasteiger partial charge >= 0.3 is 0 Å². The first-order valence-corrected chi connectivity index (χ1v) is 8.48. The fourth-order valence-electron chi connectivity index (χ4n) is 2.61. The molecule has 3 nitrogen and oxygen atoms in total. The van der Waals surface area contributed by atoms with E-state index in [1.54, 1.807) is 11.8 Å². The molecule has 110 valence electrons. The molecule has 1 unspecified atom stereocenters. The highest BCUT2D eigenvalue weighted by Crippen LogP contribution is 2.19. The van der Waals surface area contributed by atoms with Crippen LogP contribution in [0, 0.1) is 0 Å². The van der Waals surface area contributed by atoms with E-state index in [-0.39, 0.29) is 18.6 Å². The molecule has 4 heteroatoms. The van der Waals surface area contributed by atoms with E-state index in [2.05, 4.69) is 12.1 Å². The van der Waals surface area contributed by atoms with Crippen LogP contribution in [0.5, 0.6) is 0 Å². The number of thioether (sulfide) groups is 1. The lowest BCUT2D eigenvalue weighted by atomic mass is 10.1. The highest BCUT2D eigenvalue weighted by molar-refractivity contribution is 7.99. The lowest BCUT2D eigenvalue weighted by Gasteiger charge is -2.28. The van der Waals surface area contributed by atoms with Crippen molar-refractivity contribution in [3.05, 3.63) is 35.9 Å². The van der Waals surface area contributed by atoms with Crippen molar-refractivity contribution in [3.63, 3.8) is 0 Å². The van der Waals surface area contributed by atoms with E-state index in [9.17, 15) is 9.90 Å². The van der Waals surface area contributed by atoms with Crippen molar-refractivity contribution in [1.82, 2.24) is 4.90 Å². The normalized spacial score (nSPS) is 19.6. The van der Waals surface area contributed by atoms with Crippen molar-refractivity contribution in [2.75, 3.05) is 18.9 Å². The fourth-order valence-corrected chi connectivity index (χ4v) is 3.48. The summed E-state index contributed by atoms with van der Waals surface area (Å²) in [5.74, 6) is 1.54. The zero-order chi connectivity index (χ0) is 14.2. The molecule has 0 radical (unpaired) electrons. The average Bonchev–Trinajstić information content (AvgIpc) is 2.73. The number of likely N-dealkylation sites (tertiary alicyclic amines) is 1. The van der Waals surface area contributed by atoms with Gasteiger partial charge < -0.3 is 10.0 Å². The number of carbonyl (C=O) groups is 1. The Morgan fingerprint density at radius 2 is 2.05 bits per heavy atom. The molecule has 0 bridgehead atoms. The fraction of sp³-hybridized carbons (Fsp3) is 0.562. The Hall–Kier alpha value is -1.00. The minimum absolute atomic E-state index is 0.0299. The molecular weight excluding hydrogens is 270 g/mol. The molecule has 1 N–H and O–H groups in total. The summed E-state index contributed by atoms with van der Waals surface area (Å²) < 4.78 is 0. The van der Waals surface area contributed by atoms with Crippen LogP contribution in [-0.2, 0) is 10.5 Å². The lowest BCUT2D eigenvalue weighted by molar-refractivity contribution is -0.131. The second-order valence-corrected chi connectivity index (χ2v) is 6.24. The van der Waals surface area contributed by atoms with Crippen LogP contribution in [0.4, 0.5) is 0 Å². The topological polar surface area (TPSA) is 40.5 Å². The van der Waals surface area contributed by atoms with E-state index in [1.165, 1.54) is 5.56 Å². The van der Waals surface area contributed by atoms with Gasteiger partial charge in [-0.3, -0.25) is 4.79 Å². The summed E-state index contributed by atoms with van der Waals surface area (Å²) in [6.07, 6.45) is 4.28. The van der Waals surface area contributed by atoms with Gasteiger partial charge in [0.25, 0.3) is 0 Å². The summed E-state index contributed by atoms with van der Waals surface area (Å²) in [6.45, 7) is 0.894. The van der Waals surface area contributed by atoms with Crippen molar-refractivity contribution in [3.8, 4) is 0 Å². The number of benzene rings is 1. The summed E-state index contributed by atoms with van der Waals surface area (Å²) in [7, 11) is 0. The maximum atomic E-state index is 12.3. The van der Waals surface area contributed by atoms with E-state index >= 15 is 0 Å². The summed E-state index contributed by atoms with van der Waals surface area (Å²) in [6, 6.07) is 10.2. The molecule has 0 saturated carbocycles. The lowest BCUT2D eigenvalue weighted by Crippen LogP contribution is -2.43. The molecule has 1 aliphatic rings. The van der Waals surface area contributed by atoms with Gasteiger partial charge in [-0.2, -0.15) is 0 Å². The minimum Gasteiger partial charge on any atom is -0.394 e. The third-order valence-electron chi connectivity index (χ3n) is 3.75.